The molecule has 0 amide bonds. The van der Waals surface area contributed by atoms with Gasteiger partial charge in [-0.15, -0.1) is 0 Å². The second-order valence-electron chi connectivity index (χ2n) is 8.06. The molecule has 11 heteroatoms. The Morgan fingerprint density at radius 1 is 0.828 bits per heavy atom. The lowest BCUT2D eigenvalue weighted by molar-refractivity contribution is 0.332. The Morgan fingerprint density at radius 2 is 1.41 bits per heavy atom. The Labute approximate surface area is 172 Å². The summed E-state index contributed by atoms with van der Waals surface area (Å²) < 4.78 is 78.6. The van der Waals surface area contributed by atoms with Gasteiger partial charge in [0, 0.05) is 25.2 Å². The first-order chi connectivity index (χ1) is 13.6. The molecule has 0 radical (unpaired) electrons. The van der Waals surface area contributed by atoms with Crippen LogP contribution in [0.1, 0.15) is 38.5 Å². The van der Waals surface area contributed by atoms with Gasteiger partial charge in [-0.05, 0) is 56.4 Å². The van der Waals surface area contributed by atoms with Crippen LogP contribution in [0.15, 0.2) is 34.1 Å². The largest absolute Gasteiger partial charge is 0.243 e. The van der Waals surface area contributed by atoms with Gasteiger partial charge in [-0.2, -0.15) is 8.61 Å². The van der Waals surface area contributed by atoms with Crippen LogP contribution in [-0.4, -0.2) is 70.5 Å². The highest BCUT2D eigenvalue weighted by atomic mass is 32.2. The highest BCUT2D eigenvalue weighted by Gasteiger charge is 2.46. The third-order valence-electron chi connectivity index (χ3n) is 5.83. The van der Waals surface area contributed by atoms with E-state index in [1.165, 1.54) is 32.9 Å². The van der Waals surface area contributed by atoms with E-state index in [1.54, 1.807) is 0 Å². The zero-order valence-corrected chi connectivity index (χ0v) is 18.6. The SMILES string of the molecule is O=S1(=O)CCC(N(C2CC2)S(=O)(=O)c2ccc(S(=O)(=O)N3CCCCC3)cc2)C1. The summed E-state index contributed by atoms with van der Waals surface area (Å²) in [6.07, 6.45) is 4.41. The maximum atomic E-state index is 13.2. The van der Waals surface area contributed by atoms with Crippen molar-refractivity contribution >= 4 is 29.9 Å². The van der Waals surface area contributed by atoms with E-state index in [2.05, 4.69) is 0 Å². The van der Waals surface area contributed by atoms with Crippen LogP contribution in [0.5, 0.6) is 0 Å². The van der Waals surface area contributed by atoms with Crippen LogP contribution in [0.3, 0.4) is 0 Å². The van der Waals surface area contributed by atoms with Crippen LogP contribution in [0.2, 0.25) is 0 Å². The summed E-state index contributed by atoms with van der Waals surface area (Å²) in [5.74, 6) is -0.145. The number of nitrogens with zero attached hydrogens (tertiary/aromatic N) is 2. The molecular weight excluding hydrogens is 436 g/mol. The first kappa shape index (κ1) is 21.2. The van der Waals surface area contributed by atoms with Crippen LogP contribution < -0.4 is 0 Å². The molecule has 1 aliphatic carbocycles. The molecule has 29 heavy (non-hydrogen) atoms. The molecular formula is C18H26N2O6S3. The number of benzene rings is 1. The Hall–Kier alpha value is -1.01. The van der Waals surface area contributed by atoms with E-state index in [0.717, 1.165) is 32.1 Å². The van der Waals surface area contributed by atoms with Gasteiger partial charge >= 0.3 is 0 Å². The Balaban J connectivity index is 1.60. The van der Waals surface area contributed by atoms with E-state index in [1.807, 2.05) is 0 Å². The van der Waals surface area contributed by atoms with E-state index in [9.17, 15) is 25.3 Å². The molecule has 1 unspecified atom stereocenters. The molecule has 2 aliphatic heterocycles. The van der Waals surface area contributed by atoms with Crippen LogP contribution in [0.4, 0.5) is 0 Å². The molecule has 1 aromatic rings. The zero-order valence-electron chi connectivity index (χ0n) is 16.1. The monoisotopic (exact) mass is 462 g/mol. The van der Waals surface area contributed by atoms with Gasteiger partial charge in [-0.25, -0.2) is 25.3 Å². The van der Waals surface area contributed by atoms with Crippen LogP contribution in [-0.2, 0) is 29.9 Å². The number of sulfone groups is 1. The van der Waals surface area contributed by atoms with Gasteiger partial charge in [0.2, 0.25) is 20.0 Å². The number of hydrogen-bond donors (Lipinski definition) is 0. The van der Waals surface area contributed by atoms with Crippen LogP contribution >= 0.6 is 0 Å². The van der Waals surface area contributed by atoms with E-state index < -0.39 is 35.9 Å². The molecule has 0 N–H and O–H groups in total. The third-order valence-corrected chi connectivity index (χ3v) is 11.5. The fraction of sp³-hybridized carbons (Fsp3) is 0.667. The molecule has 3 aliphatic rings. The molecule has 0 aromatic heterocycles. The maximum absolute atomic E-state index is 13.2. The summed E-state index contributed by atoms with van der Waals surface area (Å²) in [6.45, 7) is 0.960. The van der Waals surface area contributed by atoms with Crippen LogP contribution in [0, 0.1) is 0 Å². The van der Waals surface area contributed by atoms with Gasteiger partial charge in [0.15, 0.2) is 9.84 Å². The summed E-state index contributed by atoms with van der Waals surface area (Å²) >= 11 is 0. The summed E-state index contributed by atoms with van der Waals surface area (Å²) in [7, 11) is -10.8. The average molecular weight is 463 g/mol. The molecule has 2 heterocycles. The smallest absolute Gasteiger partial charge is 0.229 e. The summed E-state index contributed by atoms with van der Waals surface area (Å²) in [4.78, 5) is 0.0889. The molecule has 0 spiro atoms. The normalized spacial score (nSPS) is 26.0. The second-order valence-corrected chi connectivity index (χ2v) is 14.1. The Kier molecular flexibility index (Phi) is 5.56. The highest BCUT2D eigenvalue weighted by molar-refractivity contribution is 7.92. The lowest BCUT2D eigenvalue weighted by Crippen LogP contribution is -2.42. The van der Waals surface area contributed by atoms with Crippen molar-refractivity contribution in [3.8, 4) is 0 Å². The Bertz CT molecular complexity index is 1070. The number of rotatable bonds is 6. The van der Waals surface area contributed by atoms with Crippen molar-refractivity contribution in [2.75, 3.05) is 24.6 Å². The van der Waals surface area contributed by atoms with E-state index in [4.69, 9.17) is 0 Å². The third kappa shape index (κ3) is 4.25. The molecule has 2 saturated heterocycles. The van der Waals surface area contributed by atoms with E-state index in [0.29, 0.717) is 19.5 Å². The number of hydrogen-bond acceptors (Lipinski definition) is 6. The minimum atomic E-state index is -3.90. The molecule has 4 rings (SSSR count). The molecule has 8 nitrogen and oxygen atoms in total. The molecule has 1 aromatic carbocycles. The standard InChI is InChI=1S/C18H26N2O6S3/c21-27(22)13-10-16(14-27)20(15-4-5-15)29(25,26)18-8-6-17(7-9-18)28(23,24)19-11-2-1-3-12-19/h6-9,15-16H,1-5,10-14H2. The topological polar surface area (TPSA) is 109 Å². The van der Waals surface area contributed by atoms with Crippen molar-refractivity contribution in [1.82, 2.24) is 8.61 Å². The van der Waals surface area contributed by atoms with Gasteiger partial charge in [0.1, 0.15) is 0 Å². The van der Waals surface area contributed by atoms with E-state index in [-0.39, 0.29) is 27.3 Å². The van der Waals surface area contributed by atoms with Gasteiger partial charge in [0.05, 0.1) is 21.3 Å². The molecule has 3 fully saturated rings. The molecule has 162 valence electrons. The predicted molar refractivity (Wildman–Crippen MR) is 108 cm³/mol. The van der Waals surface area contributed by atoms with Gasteiger partial charge < -0.3 is 0 Å². The maximum Gasteiger partial charge on any atom is 0.243 e. The first-order valence-electron chi connectivity index (χ1n) is 9.95. The van der Waals surface area contributed by atoms with Crippen LogP contribution in [0.25, 0.3) is 0 Å². The number of piperidine rings is 1. The van der Waals surface area contributed by atoms with Gasteiger partial charge in [0.25, 0.3) is 0 Å². The average Bonchev–Trinajstić information content (AvgIpc) is 3.45. The van der Waals surface area contributed by atoms with Crippen molar-refractivity contribution in [2.45, 2.75) is 60.4 Å². The quantitative estimate of drug-likeness (QED) is 0.628. The van der Waals surface area contributed by atoms with Crippen molar-refractivity contribution in [3.63, 3.8) is 0 Å². The van der Waals surface area contributed by atoms with Crippen molar-refractivity contribution in [1.29, 1.82) is 0 Å². The summed E-state index contributed by atoms with van der Waals surface area (Å²) in [6, 6.07) is 4.61. The Morgan fingerprint density at radius 3 is 1.93 bits per heavy atom. The summed E-state index contributed by atoms with van der Waals surface area (Å²) in [5.41, 5.74) is 0. The molecule has 0 bridgehead atoms. The van der Waals surface area contributed by atoms with E-state index >= 15 is 0 Å². The van der Waals surface area contributed by atoms with Crippen molar-refractivity contribution in [2.24, 2.45) is 0 Å². The summed E-state index contributed by atoms with van der Waals surface area (Å²) in [5, 5.41) is 0. The molecule has 1 atom stereocenters. The zero-order chi connectivity index (χ0) is 20.9. The first-order valence-corrected chi connectivity index (χ1v) is 14.7. The number of sulfonamides is 2. The minimum absolute atomic E-state index is 0.00340. The lowest BCUT2D eigenvalue weighted by atomic mass is 10.2. The fourth-order valence-electron chi connectivity index (χ4n) is 4.16. The fourth-order valence-corrected chi connectivity index (χ4v) is 9.38. The lowest BCUT2D eigenvalue weighted by Gasteiger charge is -2.28. The van der Waals surface area contributed by atoms with Gasteiger partial charge in [-0.3, -0.25) is 0 Å². The highest BCUT2D eigenvalue weighted by Crippen LogP contribution is 2.37. The van der Waals surface area contributed by atoms with Crippen molar-refractivity contribution < 1.29 is 25.3 Å². The van der Waals surface area contributed by atoms with Crippen molar-refractivity contribution in [3.05, 3.63) is 24.3 Å². The van der Waals surface area contributed by atoms with Gasteiger partial charge in [-0.1, -0.05) is 6.42 Å². The molecule has 1 saturated carbocycles. The predicted octanol–water partition coefficient (Wildman–Crippen LogP) is 1.20. The minimum Gasteiger partial charge on any atom is -0.229 e. The second kappa shape index (κ2) is 7.60.